The van der Waals surface area contributed by atoms with E-state index in [1.165, 1.54) is 4.90 Å². The summed E-state index contributed by atoms with van der Waals surface area (Å²) in [5, 5.41) is 11.9. The van der Waals surface area contributed by atoms with Crippen LogP contribution in [0.5, 0.6) is 0 Å². The van der Waals surface area contributed by atoms with E-state index in [4.69, 9.17) is 11.6 Å². The fraction of sp³-hybridized carbons (Fsp3) is 0.294. The molecule has 2 N–H and O–H groups in total. The summed E-state index contributed by atoms with van der Waals surface area (Å²) in [4.78, 5) is 1.30. The minimum atomic E-state index is -1.04. The Bertz CT molecular complexity index is 556. The summed E-state index contributed by atoms with van der Waals surface area (Å²) >= 11 is 6.31. The predicted molar refractivity (Wildman–Crippen MR) is 83.2 cm³/mol. The molecule has 106 valence electrons. The molecule has 0 aliphatic heterocycles. The first-order valence-electron chi connectivity index (χ1n) is 6.86. The van der Waals surface area contributed by atoms with Crippen molar-refractivity contribution in [3.8, 4) is 0 Å². The minimum absolute atomic E-state index is 0.604. The van der Waals surface area contributed by atoms with Crippen molar-refractivity contribution in [1.82, 2.24) is 0 Å². The van der Waals surface area contributed by atoms with Gasteiger partial charge in [0, 0.05) is 17.0 Å². The second kappa shape index (κ2) is 6.40. The van der Waals surface area contributed by atoms with Crippen LogP contribution in [0.3, 0.4) is 0 Å². The van der Waals surface area contributed by atoms with Crippen molar-refractivity contribution >= 4 is 11.6 Å². The second-order valence-corrected chi connectivity index (χ2v) is 5.82. The summed E-state index contributed by atoms with van der Waals surface area (Å²) < 4.78 is 0. The Morgan fingerprint density at radius 1 is 1.00 bits per heavy atom. The van der Waals surface area contributed by atoms with Gasteiger partial charge in [0.25, 0.3) is 0 Å². The highest BCUT2D eigenvalue weighted by atomic mass is 35.5. The zero-order valence-corrected chi connectivity index (χ0v) is 12.7. The largest absolute Gasteiger partial charge is 0.380 e. The van der Waals surface area contributed by atoms with E-state index in [0.717, 1.165) is 17.7 Å². The molecule has 3 heteroatoms. The number of hydrogen-bond acceptors (Lipinski definition) is 1. The molecule has 0 amide bonds. The molecule has 0 unspecified atom stereocenters. The lowest BCUT2D eigenvalue weighted by Crippen LogP contribution is -3.05. The van der Waals surface area contributed by atoms with Crippen LogP contribution in [0.2, 0.25) is 5.02 Å². The number of benzene rings is 2. The third-order valence-corrected chi connectivity index (χ3v) is 3.89. The number of halogens is 1. The molecule has 2 aromatic carbocycles. The quantitative estimate of drug-likeness (QED) is 0.866. The maximum atomic E-state index is 11.3. The first-order chi connectivity index (χ1) is 9.54. The Morgan fingerprint density at radius 2 is 1.60 bits per heavy atom. The van der Waals surface area contributed by atoms with Crippen LogP contribution in [0.15, 0.2) is 54.6 Å². The van der Waals surface area contributed by atoms with Crippen LogP contribution in [-0.4, -0.2) is 25.7 Å². The number of aliphatic hydroxyl groups is 1. The van der Waals surface area contributed by atoms with Crippen LogP contribution in [0.1, 0.15) is 17.5 Å². The zero-order valence-electron chi connectivity index (χ0n) is 11.9. The topological polar surface area (TPSA) is 24.7 Å². The molecule has 0 heterocycles. The van der Waals surface area contributed by atoms with Crippen molar-refractivity contribution in [3.05, 3.63) is 70.7 Å². The Labute approximate surface area is 125 Å². The molecule has 1 atom stereocenters. The molecule has 0 saturated carbocycles. The van der Waals surface area contributed by atoms with Crippen LogP contribution >= 0.6 is 11.6 Å². The van der Waals surface area contributed by atoms with Crippen LogP contribution < -0.4 is 4.90 Å². The summed E-state index contributed by atoms with van der Waals surface area (Å²) in [5.74, 6) is 0. The molecule has 0 bridgehead atoms. The first-order valence-corrected chi connectivity index (χ1v) is 7.24. The standard InChI is InChI=1S/C17H20ClNO/c1-19(2)13-12-17(20,14-8-4-3-5-9-14)15-10-6-7-11-16(15)18/h3-11,20H,12-13H2,1-2H3/p+1/t17-/m1/s1. The summed E-state index contributed by atoms with van der Waals surface area (Å²) in [6, 6.07) is 17.3. The maximum absolute atomic E-state index is 11.3. The molecule has 0 aliphatic carbocycles. The van der Waals surface area contributed by atoms with Crippen LogP contribution in [0.4, 0.5) is 0 Å². The highest BCUT2D eigenvalue weighted by Gasteiger charge is 2.33. The molecule has 2 rings (SSSR count). The number of rotatable bonds is 5. The van der Waals surface area contributed by atoms with Crippen molar-refractivity contribution in [2.24, 2.45) is 0 Å². The van der Waals surface area contributed by atoms with Crippen LogP contribution in [-0.2, 0) is 5.60 Å². The van der Waals surface area contributed by atoms with Gasteiger partial charge in [-0.15, -0.1) is 0 Å². The molecule has 0 aromatic heterocycles. The summed E-state index contributed by atoms with van der Waals surface area (Å²) in [6.07, 6.45) is 0.628. The monoisotopic (exact) mass is 290 g/mol. The molecule has 0 spiro atoms. The van der Waals surface area contributed by atoms with Gasteiger partial charge in [-0.05, 0) is 11.6 Å². The van der Waals surface area contributed by atoms with E-state index in [1.807, 2.05) is 54.6 Å². The summed E-state index contributed by atoms with van der Waals surface area (Å²) in [6.45, 7) is 0.858. The smallest absolute Gasteiger partial charge is 0.121 e. The molecule has 2 aromatic rings. The van der Waals surface area contributed by atoms with E-state index in [-0.39, 0.29) is 0 Å². The predicted octanol–water partition coefficient (Wildman–Crippen LogP) is 2.11. The molecular formula is C17H21ClNO+. The van der Waals surface area contributed by atoms with Crippen molar-refractivity contribution < 1.29 is 10.0 Å². The van der Waals surface area contributed by atoms with E-state index in [2.05, 4.69) is 14.1 Å². The average molecular weight is 291 g/mol. The lowest BCUT2D eigenvalue weighted by atomic mass is 9.83. The highest BCUT2D eigenvalue weighted by Crippen LogP contribution is 2.36. The lowest BCUT2D eigenvalue weighted by Gasteiger charge is -2.30. The molecule has 0 saturated heterocycles. The SMILES string of the molecule is C[NH+](C)CC[C@@](O)(c1ccccc1)c1ccccc1Cl. The van der Waals surface area contributed by atoms with E-state index in [1.54, 1.807) is 0 Å². The molecule has 20 heavy (non-hydrogen) atoms. The van der Waals surface area contributed by atoms with Gasteiger partial charge >= 0.3 is 0 Å². The van der Waals surface area contributed by atoms with E-state index >= 15 is 0 Å². The normalized spacial score (nSPS) is 14.2. The van der Waals surface area contributed by atoms with Gasteiger partial charge in [-0.25, -0.2) is 0 Å². The summed E-state index contributed by atoms with van der Waals surface area (Å²) in [7, 11) is 4.16. The Morgan fingerprint density at radius 3 is 2.20 bits per heavy atom. The van der Waals surface area contributed by atoms with Crippen molar-refractivity contribution in [2.45, 2.75) is 12.0 Å². The molecule has 0 aliphatic rings. The molecular weight excluding hydrogens is 270 g/mol. The first kappa shape index (κ1) is 15.0. The van der Waals surface area contributed by atoms with E-state index in [0.29, 0.717) is 11.4 Å². The van der Waals surface area contributed by atoms with Crippen LogP contribution in [0.25, 0.3) is 0 Å². The van der Waals surface area contributed by atoms with Gasteiger partial charge in [-0.3, -0.25) is 0 Å². The highest BCUT2D eigenvalue weighted by molar-refractivity contribution is 6.31. The fourth-order valence-electron chi connectivity index (χ4n) is 2.38. The fourth-order valence-corrected chi connectivity index (χ4v) is 2.67. The van der Waals surface area contributed by atoms with Crippen molar-refractivity contribution in [3.63, 3.8) is 0 Å². The summed E-state index contributed by atoms with van der Waals surface area (Å²) in [5.41, 5.74) is 0.611. The Balaban J connectivity index is 2.47. The van der Waals surface area contributed by atoms with E-state index < -0.39 is 5.60 Å². The number of hydrogen-bond donors (Lipinski definition) is 2. The third kappa shape index (κ3) is 3.21. The van der Waals surface area contributed by atoms with Gasteiger partial charge in [-0.1, -0.05) is 60.1 Å². The number of quaternary nitrogens is 1. The van der Waals surface area contributed by atoms with Gasteiger partial charge < -0.3 is 10.0 Å². The zero-order chi connectivity index (χ0) is 14.6. The van der Waals surface area contributed by atoms with Crippen LogP contribution in [0, 0.1) is 0 Å². The average Bonchev–Trinajstić information content (AvgIpc) is 2.46. The number of nitrogens with one attached hydrogen (secondary N) is 1. The van der Waals surface area contributed by atoms with E-state index in [9.17, 15) is 5.11 Å². The van der Waals surface area contributed by atoms with Gasteiger partial charge in [-0.2, -0.15) is 0 Å². The minimum Gasteiger partial charge on any atom is -0.380 e. The second-order valence-electron chi connectivity index (χ2n) is 5.41. The van der Waals surface area contributed by atoms with Gasteiger partial charge in [0.15, 0.2) is 0 Å². The molecule has 0 radical (unpaired) electrons. The third-order valence-electron chi connectivity index (χ3n) is 3.56. The van der Waals surface area contributed by atoms with Crippen molar-refractivity contribution in [1.29, 1.82) is 0 Å². The molecule has 0 fully saturated rings. The van der Waals surface area contributed by atoms with Gasteiger partial charge in [0.05, 0.1) is 20.6 Å². The van der Waals surface area contributed by atoms with Crippen molar-refractivity contribution in [2.75, 3.05) is 20.6 Å². The lowest BCUT2D eigenvalue weighted by molar-refractivity contribution is -0.859. The Kier molecular flexibility index (Phi) is 4.81. The van der Waals surface area contributed by atoms with Gasteiger partial charge in [0.1, 0.15) is 5.60 Å². The maximum Gasteiger partial charge on any atom is 0.121 e. The molecule has 2 nitrogen and oxygen atoms in total. The Hall–Kier alpha value is -1.35. The van der Waals surface area contributed by atoms with Gasteiger partial charge in [0.2, 0.25) is 0 Å².